The number of ether oxygens (including phenoxy) is 4. The maximum atomic E-state index is 13.5. The van der Waals surface area contributed by atoms with Crippen molar-refractivity contribution in [1.29, 1.82) is 0 Å². The average molecular weight is 903 g/mol. The van der Waals surface area contributed by atoms with Crippen LogP contribution in [0.15, 0.2) is 145 Å². The van der Waals surface area contributed by atoms with E-state index >= 15 is 0 Å². The molecule has 0 spiro atoms. The van der Waals surface area contributed by atoms with Gasteiger partial charge in [-0.05, 0) is 157 Å². The van der Waals surface area contributed by atoms with Crippen molar-refractivity contribution in [2.45, 2.75) is 53.4 Å². The highest BCUT2D eigenvalue weighted by atomic mass is 16.6. The minimum absolute atomic E-state index is 0.0429. The number of hydrogen-bond acceptors (Lipinski definition) is 10. The number of carbonyl (C=O) groups excluding carboxylic acids is 6. The first kappa shape index (κ1) is 43.9. The maximum Gasteiger partial charge on any atom is 0.346 e. The Balaban J connectivity index is 0.886. The van der Waals surface area contributed by atoms with E-state index in [1.165, 1.54) is 58.7 Å². The molecule has 10 heteroatoms. The van der Waals surface area contributed by atoms with Gasteiger partial charge in [0.25, 0.3) is 0 Å². The lowest BCUT2D eigenvalue weighted by molar-refractivity contribution is 0.0425. The smallest absolute Gasteiger partial charge is 0.346 e. The van der Waals surface area contributed by atoms with Gasteiger partial charge in [-0.25, -0.2) is 28.8 Å². The summed E-state index contributed by atoms with van der Waals surface area (Å²) in [5.41, 5.74) is 11.4. The number of fused-ring (bicyclic) bond motifs is 2. The van der Waals surface area contributed by atoms with E-state index in [0.717, 1.165) is 59.1 Å². The van der Waals surface area contributed by atoms with Crippen molar-refractivity contribution >= 4 is 47.0 Å². The fourth-order valence-electron chi connectivity index (χ4n) is 10.9. The number of esters is 6. The molecule has 0 bridgehead atoms. The summed E-state index contributed by atoms with van der Waals surface area (Å²) < 4.78 is 21.4. The molecule has 0 aromatic heterocycles. The second-order valence-electron chi connectivity index (χ2n) is 18.4. The molecule has 338 valence electrons. The Hall–Kier alpha value is -7.98. The van der Waals surface area contributed by atoms with Crippen molar-refractivity contribution in [2.75, 3.05) is 0 Å². The monoisotopic (exact) mass is 902 g/mol. The van der Waals surface area contributed by atoms with Gasteiger partial charge in [0.05, 0.1) is 33.4 Å². The van der Waals surface area contributed by atoms with Crippen molar-refractivity contribution < 1.29 is 47.7 Å². The summed E-state index contributed by atoms with van der Waals surface area (Å²) in [4.78, 5) is 75.4. The third kappa shape index (κ3) is 8.16. The van der Waals surface area contributed by atoms with Gasteiger partial charge in [-0.15, -0.1) is 0 Å². The lowest BCUT2D eigenvalue weighted by Crippen LogP contribution is -2.27. The molecule has 0 N–H and O–H groups in total. The predicted octanol–water partition coefficient (Wildman–Crippen LogP) is 12.4. The SMILES string of the molecule is CC1=C(c2ccc(OC(=O)c3ccc4c(c3)C(=O)OC4=O)c(-c3ccccc3)c2)C(C)CC(C2CC(C)=C(c3ccc(OC(=O)c4ccc5c(c4)C(=O)OC5=O)c(-c4ccccc4)c3)C(C)C2)C1. The summed E-state index contributed by atoms with van der Waals surface area (Å²) in [6, 6.07) is 40.0. The van der Waals surface area contributed by atoms with Crippen LogP contribution in [-0.2, 0) is 9.47 Å². The van der Waals surface area contributed by atoms with Crippen molar-refractivity contribution in [2.24, 2.45) is 23.7 Å². The minimum atomic E-state index is -0.786. The molecule has 0 radical (unpaired) electrons. The lowest BCUT2D eigenvalue weighted by Gasteiger charge is -2.40. The molecule has 2 heterocycles. The van der Waals surface area contributed by atoms with Gasteiger partial charge in [0.15, 0.2) is 0 Å². The van der Waals surface area contributed by atoms with Crippen LogP contribution in [0.3, 0.4) is 0 Å². The standard InChI is InChI=1S/C58H46O10/c1-31-23-41(24-32(2)51(31)37-17-21-49(45(27-37)35-11-7-5-8-12-35)65-53(59)39-15-19-43-47(29-39)57(63)67-55(43)61)42-25-33(3)52(34(4)26-42)38-18-22-50(46(28-38)36-13-9-6-10-14-36)66-54(60)40-16-20-44-48(30-40)58(64)68-56(44)62/h5-22,27-31,33,41-42H,23-26H2,1-4H3. The normalized spacial score (nSPS) is 19.9. The van der Waals surface area contributed by atoms with Crippen LogP contribution < -0.4 is 9.47 Å². The molecule has 4 unspecified atom stereocenters. The quantitative estimate of drug-likeness (QED) is 0.0782. The van der Waals surface area contributed by atoms with Crippen LogP contribution in [0.1, 0.15) is 127 Å². The Morgan fingerprint density at radius 1 is 0.441 bits per heavy atom. The molecule has 0 saturated carbocycles. The highest BCUT2D eigenvalue weighted by Crippen LogP contribution is 2.50. The minimum Gasteiger partial charge on any atom is -0.422 e. The number of carbonyl (C=O) groups is 6. The highest BCUT2D eigenvalue weighted by molar-refractivity contribution is 6.16. The fourth-order valence-corrected chi connectivity index (χ4v) is 10.9. The van der Waals surface area contributed by atoms with Crippen molar-refractivity contribution in [3.63, 3.8) is 0 Å². The summed E-state index contributed by atoms with van der Waals surface area (Å²) in [6.07, 6.45) is 4.01. The van der Waals surface area contributed by atoms with Gasteiger partial charge in [-0.2, -0.15) is 0 Å². The van der Waals surface area contributed by atoms with Gasteiger partial charge in [0, 0.05) is 11.1 Å². The first-order valence-electron chi connectivity index (χ1n) is 22.9. The van der Waals surface area contributed by atoms with Crippen LogP contribution in [0.5, 0.6) is 11.5 Å². The number of hydrogen-bond donors (Lipinski definition) is 0. The third-order valence-electron chi connectivity index (χ3n) is 13.9. The number of rotatable bonds is 9. The molecule has 10 rings (SSSR count). The van der Waals surface area contributed by atoms with E-state index in [2.05, 4.69) is 39.8 Å². The summed E-state index contributed by atoms with van der Waals surface area (Å²) in [7, 11) is 0. The first-order chi connectivity index (χ1) is 32.8. The molecule has 4 aliphatic rings. The highest BCUT2D eigenvalue weighted by Gasteiger charge is 2.36. The fraction of sp³-hybridized carbons (Fsp3) is 0.207. The van der Waals surface area contributed by atoms with E-state index < -0.39 is 35.8 Å². The van der Waals surface area contributed by atoms with Gasteiger partial charge >= 0.3 is 35.8 Å². The zero-order valence-electron chi connectivity index (χ0n) is 37.9. The van der Waals surface area contributed by atoms with E-state index in [1.807, 2.05) is 84.9 Å². The van der Waals surface area contributed by atoms with Crippen LogP contribution >= 0.6 is 0 Å². The Bertz CT molecular complexity index is 2980. The maximum absolute atomic E-state index is 13.5. The Labute approximate surface area is 393 Å². The molecule has 6 aromatic carbocycles. The van der Waals surface area contributed by atoms with Crippen molar-refractivity contribution in [1.82, 2.24) is 0 Å². The molecule has 2 aliphatic carbocycles. The molecule has 0 saturated heterocycles. The van der Waals surface area contributed by atoms with Gasteiger partial charge < -0.3 is 18.9 Å². The molecule has 6 aromatic rings. The summed E-state index contributed by atoms with van der Waals surface area (Å²) in [5, 5.41) is 0. The van der Waals surface area contributed by atoms with Crippen LogP contribution in [0.2, 0.25) is 0 Å². The zero-order chi connectivity index (χ0) is 47.4. The van der Waals surface area contributed by atoms with Gasteiger partial charge in [0.1, 0.15) is 11.5 Å². The second kappa shape index (κ2) is 17.7. The van der Waals surface area contributed by atoms with E-state index in [4.69, 9.17) is 18.9 Å². The van der Waals surface area contributed by atoms with E-state index in [1.54, 1.807) is 0 Å². The van der Waals surface area contributed by atoms with Crippen LogP contribution in [0.4, 0.5) is 0 Å². The molecule has 2 aliphatic heterocycles. The van der Waals surface area contributed by atoms with Gasteiger partial charge in [-0.3, -0.25) is 0 Å². The predicted molar refractivity (Wildman–Crippen MR) is 255 cm³/mol. The summed E-state index contributed by atoms with van der Waals surface area (Å²) >= 11 is 0. The molecule has 0 fully saturated rings. The molecular weight excluding hydrogens is 857 g/mol. The van der Waals surface area contributed by atoms with E-state index in [0.29, 0.717) is 23.3 Å². The molecule has 4 atom stereocenters. The topological polar surface area (TPSA) is 139 Å². The average Bonchev–Trinajstić information content (AvgIpc) is 3.79. The van der Waals surface area contributed by atoms with E-state index in [-0.39, 0.29) is 45.2 Å². The number of benzene rings is 6. The summed E-state index contributed by atoms with van der Waals surface area (Å²) in [5.74, 6) is -2.05. The Morgan fingerprint density at radius 2 is 0.824 bits per heavy atom. The summed E-state index contributed by atoms with van der Waals surface area (Å²) in [6.45, 7) is 9.11. The largest absolute Gasteiger partial charge is 0.422 e. The third-order valence-corrected chi connectivity index (χ3v) is 13.9. The Morgan fingerprint density at radius 3 is 1.21 bits per heavy atom. The Kier molecular flexibility index (Phi) is 11.4. The van der Waals surface area contributed by atoms with Crippen LogP contribution in [-0.4, -0.2) is 35.8 Å². The van der Waals surface area contributed by atoms with E-state index in [9.17, 15) is 28.8 Å². The van der Waals surface area contributed by atoms with Gasteiger partial charge in [0.2, 0.25) is 0 Å². The van der Waals surface area contributed by atoms with Crippen molar-refractivity contribution in [3.05, 3.63) is 189 Å². The zero-order valence-corrected chi connectivity index (χ0v) is 37.9. The molecule has 0 amide bonds. The molecule has 68 heavy (non-hydrogen) atoms. The first-order valence-corrected chi connectivity index (χ1v) is 22.9. The second-order valence-corrected chi connectivity index (χ2v) is 18.4. The van der Waals surface area contributed by atoms with Crippen molar-refractivity contribution in [3.8, 4) is 33.8 Å². The molecular formula is C58H46O10. The molecule has 10 nitrogen and oxygen atoms in total. The number of allylic oxidation sites excluding steroid dienone is 4. The van der Waals surface area contributed by atoms with Crippen LogP contribution in [0.25, 0.3) is 33.4 Å². The number of cyclic esters (lactones) is 4. The van der Waals surface area contributed by atoms with Gasteiger partial charge in [-0.1, -0.05) is 97.8 Å². The van der Waals surface area contributed by atoms with Crippen LogP contribution in [0, 0.1) is 23.7 Å². The lowest BCUT2D eigenvalue weighted by atomic mass is 9.65.